The van der Waals surface area contributed by atoms with Gasteiger partial charge in [-0.15, -0.1) is 0 Å². The molecule has 0 heterocycles. The Morgan fingerprint density at radius 1 is 1.05 bits per heavy atom. The molecule has 0 saturated heterocycles. The number of hydrogen-bond donors (Lipinski definition) is 2. The Kier molecular flexibility index (Phi) is 3.78. The molecule has 3 nitrogen and oxygen atoms in total. The molecule has 0 aliphatic rings. The van der Waals surface area contributed by atoms with E-state index < -0.39 is 51.7 Å². The second-order valence-corrected chi connectivity index (χ2v) is 4.41. The molecular weight excluding hydrogens is 309 g/mol. The number of nitrogen functional groups attached to an aromatic ring is 1. The largest absolute Gasteiger partial charge is 0.478 e. The molecule has 0 bridgehead atoms. The van der Waals surface area contributed by atoms with Crippen LogP contribution in [0.5, 0.6) is 0 Å². The second kappa shape index (κ2) is 5.28. The molecule has 116 valence electrons. The van der Waals surface area contributed by atoms with Crippen molar-refractivity contribution in [2.24, 2.45) is 0 Å². The molecule has 0 aromatic heterocycles. The summed E-state index contributed by atoms with van der Waals surface area (Å²) in [4.78, 5) is 10.9. The number of rotatable bonds is 2. The van der Waals surface area contributed by atoms with Gasteiger partial charge < -0.3 is 10.8 Å². The van der Waals surface area contributed by atoms with Gasteiger partial charge in [0.1, 0.15) is 11.6 Å². The molecule has 2 aromatic carbocycles. The molecule has 0 aliphatic carbocycles. The Labute approximate surface area is 120 Å². The zero-order valence-electron chi connectivity index (χ0n) is 10.7. The summed E-state index contributed by atoms with van der Waals surface area (Å²) in [5.41, 5.74) is 1.64. The Balaban J connectivity index is 2.80. The average molecular weight is 317 g/mol. The third-order valence-corrected chi connectivity index (χ3v) is 2.95. The smallest absolute Gasteiger partial charge is 0.417 e. The van der Waals surface area contributed by atoms with Crippen LogP contribution >= 0.6 is 0 Å². The molecule has 0 unspecified atom stereocenters. The molecule has 0 spiro atoms. The van der Waals surface area contributed by atoms with E-state index >= 15 is 0 Å². The Morgan fingerprint density at radius 3 is 2.18 bits per heavy atom. The van der Waals surface area contributed by atoms with Crippen LogP contribution in [0, 0.1) is 11.6 Å². The van der Waals surface area contributed by atoms with E-state index in [-0.39, 0.29) is 0 Å². The van der Waals surface area contributed by atoms with Crippen molar-refractivity contribution >= 4 is 11.7 Å². The van der Waals surface area contributed by atoms with Crippen LogP contribution in [0.1, 0.15) is 15.9 Å². The first-order chi connectivity index (χ1) is 10.1. The van der Waals surface area contributed by atoms with Gasteiger partial charge in [0.2, 0.25) is 0 Å². The lowest BCUT2D eigenvalue weighted by Gasteiger charge is -2.16. The van der Waals surface area contributed by atoms with Crippen molar-refractivity contribution in [3.8, 4) is 11.1 Å². The minimum Gasteiger partial charge on any atom is -0.478 e. The maximum atomic E-state index is 13.7. The minimum atomic E-state index is -4.94. The SMILES string of the molecule is Nc1cc(-c2ccc(F)cc2F)c(C(F)(F)F)cc1C(=O)O. The molecule has 0 atom stereocenters. The van der Waals surface area contributed by atoms with Crippen LogP contribution in [-0.4, -0.2) is 11.1 Å². The number of hydrogen-bond acceptors (Lipinski definition) is 2. The summed E-state index contributed by atoms with van der Waals surface area (Å²) in [5.74, 6) is -3.81. The van der Waals surface area contributed by atoms with Crippen molar-refractivity contribution < 1.29 is 31.9 Å². The maximum Gasteiger partial charge on any atom is 0.417 e. The Bertz CT molecular complexity index is 756. The van der Waals surface area contributed by atoms with Gasteiger partial charge in [0, 0.05) is 17.3 Å². The van der Waals surface area contributed by atoms with E-state index in [4.69, 9.17) is 10.8 Å². The van der Waals surface area contributed by atoms with E-state index in [0.29, 0.717) is 18.2 Å². The molecule has 0 radical (unpaired) electrons. The van der Waals surface area contributed by atoms with Crippen molar-refractivity contribution in [3.05, 3.63) is 53.1 Å². The Morgan fingerprint density at radius 2 is 1.68 bits per heavy atom. The number of benzene rings is 2. The fourth-order valence-corrected chi connectivity index (χ4v) is 1.97. The fraction of sp³-hybridized carbons (Fsp3) is 0.0714. The van der Waals surface area contributed by atoms with E-state index in [9.17, 15) is 26.7 Å². The third-order valence-electron chi connectivity index (χ3n) is 2.95. The Hall–Kier alpha value is -2.64. The lowest BCUT2D eigenvalue weighted by atomic mass is 9.95. The van der Waals surface area contributed by atoms with Gasteiger partial charge in [0.25, 0.3) is 0 Å². The summed E-state index contributed by atoms with van der Waals surface area (Å²) >= 11 is 0. The predicted octanol–water partition coefficient (Wildman–Crippen LogP) is 3.93. The van der Waals surface area contributed by atoms with Crippen LogP contribution in [0.2, 0.25) is 0 Å². The maximum absolute atomic E-state index is 13.7. The molecule has 2 rings (SSSR count). The minimum absolute atomic E-state index is 0.329. The zero-order valence-corrected chi connectivity index (χ0v) is 10.7. The standard InChI is InChI=1S/C14H8F5NO2/c15-6-1-2-7(11(16)3-6)8-5-12(20)9(13(21)22)4-10(8)14(17,18)19/h1-5H,20H2,(H,21,22). The van der Waals surface area contributed by atoms with E-state index in [2.05, 4.69) is 0 Å². The highest BCUT2D eigenvalue weighted by molar-refractivity contribution is 5.95. The number of anilines is 1. The number of alkyl halides is 3. The van der Waals surface area contributed by atoms with E-state index in [0.717, 1.165) is 12.1 Å². The molecular formula is C14H8F5NO2. The molecule has 8 heteroatoms. The number of carbonyl (C=O) groups is 1. The molecule has 22 heavy (non-hydrogen) atoms. The van der Waals surface area contributed by atoms with Crippen molar-refractivity contribution in [2.75, 3.05) is 5.73 Å². The summed E-state index contributed by atoms with van der Waals surface area (Å²) in [6, 6.07) is 3.09. The summed E-state index contributed by atoms with van der Waals surface area (Å²) in [6.45, 7) is 0. The monoisotopic (exact) mass is 317 g/mol. The van der Waals surface area contributed by atoms with Gasteiger partial charge >= 0.3 is 12.1 Å². The van der Waals surface area contributed by atoms with Crippen LogP contribution in [-0.2, 0) is 6.18 Å². The van der Waals surface area contributed by atoms with E-state index in [1.807, 2.05) is 0 Å². The van der Waals surface area contributed by atoms with Gasteiger partial charge in [-0.3, -0.25) is 0 Å². The second-order valence-electron chi connectivity index (χ2n) is 4.41. The molecule has 0 saturated carbocycles. The van der Waals surface area contributed by atoms with Gasteiger partial charge in [-0.05, 0) is 29.8 Å². The first-order valence-electron chi connectivity index (χ1n) is 5.80. The third kappa shape index (κ3) is 2.85. The van der Waals surface area contributed by atoms with Crippen molar-refractivity contribution in [1.82, 2.24) is 0 Å². The molecule has 0 amide bonds. The highest BCUT2D eigenvalue weighted by Gasteiger charge is 2.35. The molecule has 3 N–H and O–H groups in total. The highest BCUT2D eigenvalue weighted by Crippen LogP contribution is 2.40. The van der Waals surface area contributed by atoms with Crippen LogP contribution in [0.4, 0.5) is 27.6 Å². The van der Waals surface area contributed by atoms with Gasteiger partial charge in [0.05, 0.1) is 11.1 Å². The average Bonchev–Trinajstić information content (AvgIpc) is 2.36. The summed E-state index contributed by atoms with van der Waals surface area (Å²) < 4.78 is 65.9. The number of halogens is 5. The van der Waals surface area contributed by atoms with Crippen molar-refractivity contribution in [1.29, 1.82) is 0 Å². The number of carboxylic acid groups (broad SMARTS) is 1. The number of aromatic carboxylic acids is 1. The summed E-state index contributed by atoms with van der Waals surface area (Å²) in [5, 5.41) is 8.84. The van der Waals surface area contributed by atoms with Crippen molar-refractivity contribution in [3.63, 3.8) is 0 Å². The van der Waals surface area contributed by atoms with Gasteiger partial charge in [-0.1, -0.05) is 0 Å². The summed E-state index contributed by atoms with van der Waals surface area (Å²) in [6.07, 6.45) is -4.94. The topological polar surface area (TPSA) is 63.3 Å². The van der Waals surface area contributed by atoms with Crippen LogP contribution in [0.3, 0.4) is 0 Å². The first kappa shape index (κ1) is 15.7. The quantitative estimate of drug-likeness (QED) is 0.651. The zero-order chi connectivity index (χ0) is 16.7. The normalized spacial score (nSPS) is 11.5. The molecule has 2 aromatic rings. The number of carboxylic acids is 1. The highest BCUT2D eigenvalue weighted by atomic mass is 19.4. The van der Waals surface area contributed by atoms with Crippen LogP contribution in [0.25, 0.3) is 11.1 Å². The van der Waals surface area contributed by atoms with Crippen LogP contribution in [0.15, 0.2) is 30.3 Å². The van der Waals surface area contributed by atoms with Gasteiger partial charge in [-0.2, -0.15) is 13.2 Å². The van der Waals surface area contributed by atoms with E-state index in [1.54, 1.807) is 0 Å². The van der Waals surface area contributed by atoms with Crippen molar-refractivity contribution in [2.45, 2.75) is 6.18 Å². The lowest BCUT2D eigenvalue weighted by molar-refractivity contribution is -0.137. The lowest BCUT2D eigenvalue weighted by Crippen LogP contribution is -2.12. The molecule has 0 aliphatic heterocycles. The number of nitrogens with two attached hydrogens (primary N) is 1. The molecule has 0 fully saturated rings. The van der Waals surface area contributed by atoms with Gasteiger partial charge in [-0.25, -0.2) is 13.6 Å². The summed E-state index contributed by atoms with van der Waals surface area (Å²) in [7, 11) is 0. The first-order valence-corrected chi connectivity index (χ1v) is 5.80. The fourth-order valence-electron chi connectivity index (χ4n) is 1.97. The van der Waals surface area contributed by atoms with E-state index in [1.165, 1.54) is 0 Å². The van der Waals surface area contributed by atoms with Gasteiger partial charge in [0.15, 0.2) is 0 Å². The predicted molar refractivity (Wildman–Crippen MR) is 68.2 cm³/mol. The van der Waals surface area contributed by atoms with Crippen LogP contribution < -0.4 is 5.73 Å².